The average molecular weight is 242 g/mol. The van der Waals surface area contributed by atoms with E-state index in [-0.39, 0.29) is 6.10 Å². The number of nitrogens with zero attached hydrogens (tertiary/aromatic N) is 1. The molecule has 1 heterocycles. The van der Waals surface area contributed by atoms with Crippen LogP contribution in [0.5, 0.6) is 0 Å². The van der Waals surface area contributed by atoms with Crippen molar-refractivity contribution in [2.75, 3.05) is 19.6 Å². The Morgan fingerprint density at radius 1 is 1.29 bits per heavy atom. The molecule has 0 aromatic rings. The fourth-order valence-corrected chi connectivity index (χ4v) is 2.87. The molecule has 102 valence electrons. The number of rotatable bonds is 7. The minimum atomic E-state index is -0.136. The molecule has 2 N–H and O–H groups in total. The van der Waals surface area contributed by atoms with E-state index in [0.29, 0.717) is 18.0 Å². The molecule has 0 aliphatic carbocycles. The van der Waals surface area contributed by atoms with Crippen LogP contribution in [0.15, 0.2) is 0 Å². The lowest BCUT2D eigenvalue weighted by Gasteiger charge is -2.34. The van der Waals surface area contributed by atoms with Gasteiger partial charge in [0.2, 0.25) is 0 Å². The van der Waals surface area contributed by atoms with E-state index in [1.165, 1.54) is 19.4 Å². The predicted octanol–water partition coefficient (Wildman–Crippen LogP) is 1.86. The Labute approximate surface area is 107 Å². The number of hydrogen-bond acceptors (Lipinski definition) is 3. The van der Waals surface area contributed by atoms with E-state index in [4.69, 9.17) is 0 Å². The monoisotopic (exact) mass is 242 g/mol. The van der Waals surface area contributed by atoms with E-state index >= 15 is 0 Å². The molecule has 0 amide bonds. The summed E-state index contributed by atoms with van der Waals surface area (Å²) in [6.07, 6.45) is 3.22. The molecular formula is C14H30N2O. The maximum absolute atomic E-state index is 9.57. The van der Waals surface area contributed by atoms with Crippen LogP contribution in [0.2, 0.25) is 0 Å². The van der Waals surface area contributed by atoms with Crippen molar-refractivity contribution in [3.63, 3.8) is 0 Å². The summed E-state index contributed by atoms with van der Waals surface area (Å²) in [7, 11) is 0. The van der Waals surface area contributed by atoms with E-state index in [1.807, 2.05) is 0 Å². The van der Waals surface area contributed by atoms with E-state index in [1.54, 1.807) is 0 Å². The lowest BCUT2D eigenvalue weighted by Crippen LogP contribution is -2.44. The van der Waals surface area contributed by atoms with Gasteiger partial charge < -0.3 is 10.4 Å². The smallest absolute Gasteiger partial charge is 0.0680 e. The lowest BCUT2D eigenvalue weighted by molar-refractivity contribution is 0.145. The predicted molar refractivity (Wildman–Crippen MR) is 73.2 cm³/mol. The second kappa shape index (κ2) is 7.34. The normalized spacial score (nSPS) is 25.4. The first kappa shape index (κ1) is 14.9. The molecular weight excluding hydrogens is 212 g/mol. The van der Waals surface area contributed by atoms with Crippen LogP contribution in [-0.2, 0) is 0 Å². The van der Waals surface area contributed by atoms with Gasteiger partial charge in [0.1, 0.15) is 0 Å². The summed E-state index contributed by atoms with van der Waals surface area (Å²) in [5.41, 5.74) is 0. The second-order valence-corrected chi connectivity index (χ2v) is 5.81. The Morgan fingerprint density at radius 3 is 2.35 bits per heavy atom. The van der Waals surface area contributed by atoms with Gasteiger partial charge in [-0.05, 0) is 25.2 Å². The molecule has 1 aliphatic heterocycles. The van der Waals surface area contributed by atoms with Gasteiger partial charge in [0, 0.05) is 31.7 Å². The highest BCUT2D eigenvalue weighted by Crippen LogP contribution is 2.15. The fraction of sp³-hybridized carbons (Fsp3) is 1.00. The van der Waals surface area contributed by atoms with Crippen molar-refractivity contribution in [3.8, 4) is 0 Å². The molecule has 0 spiro atoms. The number of aliphatic hydroxyl groups excluding tert-OH is 1. The largest absolute Gasteiger partial charge is 0.392 e. The van der Waals surface area contributed by atoms with Crippen molar-refractivity contribution < 1.29 is 5.11 Å². The highest BCUT2D eigenvalue weighted by atomic mass is 16.3. The Balaban J connectivity index is 2.50. The zero-order valence-electron chi connectivity index (χ0n) is 11.9. The summed E-state index contributed by atoms with van der Waals surface area (Å²) in [6, 6.07) is 1.17. The molecule has 2 atom stereocenters. The molecule has 0 aromatic carbocycles. The first-order chi connectivity index (χ1) is 8.06. The number of nitrogens with one attached hydrogen (secondary N) is 1. The van der Waals surface area contributed by atoms with Crippen LogP contribution in [-0.4, -0.2) is 47.8 Å². The van der Waals surface area contributed by atoms with Crippen molar-refractivity contribution >= 4 is 0 Å². The molecule has 1 rings (SSSR count). The fourth-order valence-electron chi connectivity index (χ4n) is 2.87. The highest BCUT2D eigenvalue weighted by Gasteiger charge is 2.26. The van der Waals surface area contributed by atoms with Crippen LogP contribution in [0.1, 0.15) is 47.0 Å². The minimum Gasteiger partial charge on any atom is -0.392 e. The lowest BCUT2D eigenvalue weighted by atomic mass is 10.1. The van der Waals surface area contributed by atoms with Crippen LogP contribution >= 0.6 is 0 Å². The zero-order chi connectivity index (χ0) is 12.8. The van der Waals surface area contributed by atoms with Crippen molar-refractivity contribution in [1.29, 1.82) is 0 Å². The van der Waals surface area contributed by atoms with Crippen LogP contribution < -0.4 is 5.32 Å². The van der Waals surface area contributed by atoms with Gasteiger partial charge in [0.05, 0.1) is 6.10 Å². The van der Waals surface area contributed by atoms with Crippen molar-refractivity contribution in [2.24, 2.45) is 5.92 Å². The second-order valence-electron chi connectivity index (χ2n) is 5.81. The molecule has 2 unspecified atom stereocenters. The minimum absolute atomic E-state index is 0.136. The molecule has 0 aromatic heterocycles. The Hall–Kier alpha value is -0.120. The van der Waals surface area contributed by atoms with Crippen molar-refractivity contribution in [1.82, 2.24) is 10.2 Å². The molecule has 1 aliphatic rings. The maximum Gasteiger partial charge on any atom is 0.0680 e. The summed E-state index contributed by atoms with van der Waals surface area (Å²) in [4.78, 5) is 2.61. The molecule has 0 saturated carbocycles. The Bertz CT molecular complexity index is 204. The van der Waals surface area contributed by atoms with E-state index in [0.717, 1.165) is 19.5 Å². The molecule has 0 radical (unpaired) electrons. The van der Waals surface area contributed by atoms with Crippen molar-refractivity contribution in [2.45, 2.75) is 65.1 Å². The SMILES string of the molecule is CCC(CC)N(CC(C)C)CC1CC(O)CN1. The number of β-amino-alcohol motifs (C(OH)–C–C–N with tert-alkyl or cyclic N) is 1. The first-order valence-electron chi connectivity index (χ1n) is 7.22. The van der Waals surface area contributed by atoms with Gasteiger partial charge in [-0.15, -0.1) is 0 Å². The van der Waals surface area contributed by atoms with Gasteiger partial charge >= 0.3 is 0 Å². The summed E-state index contributed by atoms with van der Waals surface area (Å²) in [6.45, 7) is 12.1. The van der Waals surface area contributed by atoms with Crippen LogP contribution in [0.25, 0.3) is 0 Å². The van der Waals surface area contributed by atoms with Gasteiger partial charge in [-0.25, -0.2) is 0 Å². The summed E-state index contributed by atoms with van der Waals surface area (Å²) < 4.78 is 0. The summed E-state index contributed by atoms with van der Waals surface area (Å²) in [5.74, 6) is 0.710. The first-order valence-corrected chi connectivity index (χ1v) is 7.22. The molecule has 1 saturated heterocycles. The van der Waals surface area contributed by atoms with E-state index < -0.39 is 0 Å². The quantitative estimate of drug-likeness (QED) is 0.715. The summed E-state index contributed by atoms with van der Waals surface area (Å²) >= 11 is 0. The molecule has 17 heavy (non-hydrogen) atoms. The van der Waals surface area contributed by atoms with Gasteiger partial charge in [-0.1, -0.05) is 27.7 Å². The topological polar surface area (TPSA) is 35.5 Å². The van der Waals surface area contributed by atoms with Crippen molar-refractivity contribution in [3.05, 3.63) is 0 Å². The molecule has 3 heteroatoms. The van der Waals surface area contributed by atoms with E-state index in [9.17, 15) is 5.11 Å². The highest BCUT2D eigenvalue weighted by molar-refractivity contribution is 4.85. The number of aliphatic hydroxyl groups is 1. The van der Waals surface area contributed by atoms with Crippen LogP contribution in [0, 0.1) is 5.92 Å². The van der Waals surface area contributed by atoms with Gasteiger partial charge in [-0.2, -0.15) is 0 Å². The standard InChI is InChI=1S/C14H30N2O/c1-5-13(6-2)16(9-11(3)4)10-12-7-14(17)8-15-12/h11-15,17H,5-10H2,1-4H3. The maximum atomic E-state index is 9.57. The third kappa shape index (κ3) is 4.94. The third-order valence-corrected chi connectivity index (χ3v) is 3.71. The third-order valence-electron chi connectivity index (χ3n) is 3.71. The molecule has 1 fully saturated rings. The molecule has 3 nitrogen and oxygen atoms in total. The van der Waals surface area contributed by atoms with Crippen LogP contribution in [0.4, 0.5) is 0 Å². The summed E-state index contributed by atoms with van der Waals surface area (Å²) in [5, 5.41) is 13.0. The average Bonchev–Trinajstić information content (AvgIpc) is 2.65. The number of hydrogen-bond donors (Lipinski definition) is 2. The Kier molecular flexibility index (Phi) is 6.45. The zero-order valence-corrected chi connectivity index (χ0v) is 11.9. The molecule has 0 bridgehead atoms. The van der Waals surface area contributed by atoms with Gasteiger partial charge in [0.25, 0.3) is 0 Å². The van der Waals surface area contributed by atoms with Gasteiger partial charge in [0.15, 0.2) is 0 Å². The van der Waals surface area contributed by atoms with Gasteiger partial charge in [-0.3, -0.25) is 4.90 Å². The van der Waals surface area contributed by atoms with Crippen LogP contribution in [0.3, 0.4) is 0 Å². The Morgan fingerprint density at radius 2 is 1.94 bits per heavy atom. The van der Waals surface area contributed by atoms with E-state index in [2.05, 4.69) is 37.9 Å².